The quantitative estimate of drug-likeness (QED) is 0.280. The number of methoxy groups -OCH3 is 1. The summed E-state index contributed by atoms with van der Waals surface area (Å²) in [6.45, 7) is 0.585. The van der Waals surface area contributed by atoms with Crippen LogP contribution >= 0.6 is 0 Å². The molecule has 0 amide bonds. The molecule has 39 heavy (non-hydrogen) atoms. The van der Waals surface area contributed by atoms with Gasteiger partial charge in [0.1, 0.15) is 11.3 Å². The predicted molar refractivity (Wildman–Crippen MR) is 133 cm³/mol. The highest BCUT2D eigenvalue weighted by Crippen LogP contribution is 2.44. The third kappa shape index (κ3) is 6.00. The molecule has 2 bridgehead atoms. The Balaban J connectivity index is 1.35. The number of alkyl halides is 6. The molecule has 214 valence electrons. The van der Waals surface area contributed by atoms with Gasteiger partial charge < -0.3 is 9.47 Å². The lowest BCUT2D eigenvalue weighted by Gasteiger charge is -2.48. The van der Waals surface area contributed by atoms with Gasteiger partial charge in [-0.15, -0.1) is 0 Å². The van der Waals surface area contributed by atoms with Crippen LogP contribution in [0.2, 0.25) is 0 Å². The number of rotatable bonds is 5. The number of piperidine rings is 2. The maximum absolute atomic E-state index is 14.2. The molecular formula is C29H33F6NO3. The molecule has 2 saturated heterocycles. The summed E-state index contributed by atoms with van der Waals surface area (Å²) in [4.78, 5) is 14.5. The summed E-state index contributed by atoms with van der Waals surface area (Å²) >= 11 is 0. The SMILES string of the molecule is COC(=O)C1CC2CCCC(C1)N2Cc1ccc2c(C(F)(F)F)c(OC3CCC(C(F)(F)F)CC3)ccc2c1. The van der Waals surface area contributed by atoms with Crippen molar-refractivity contribution in [1.29, 1.82) is 0 Å². The molecule has 3 fully saturated rings. The van der Waals surface area contributed by atoms with Gasteiger partial charge in [-0.3, -0.25) is 9.69 Å². The fraction of sp³-hybridized carbons (Fsp3) is 0.621. The number of carbonyl (C=O) groups is 1. The monoisotopic (exact) mass is 557 g/mol. The molecule has 1 saturated carbocycles. The van der Waals surface area contributed by atoms with Crippen molar-refractivity contribution in [2.75, 3.05) is 7.11 Å². The van der Waals surface area contributed by atoms with Crippen LogP contribution in [0.3, 0.4) is 0 Å². The molecule has 2 unspecified atom stereocenters. The van der Waals surface area contributed by atoms with Crippen LogP contribution in [0.1, 0.15) is 68.9 Å². The van der Waals surface area contributed by atoms with E-state index in [1.54, 1.807) is 18.2 Å². The average Bonchev–Trinajstić information content (AvgIpc) is 2.87. The highest BCUT2D eigenvalue weighted by atomic mass is 19.4. The van der Waals surface area contributed by atoms with Gasteiger partial charge in [-0.2, -0.15) is 26.3 Å². The Hall–Kier alpha value is -2.49. The molecule has 2 heterocycles. The third-order valence-corrected chi connectivity index (χ3v) is 8.79. The van der Waals surface area contributed by atoms with E-state index in [4.69, 9.17) is 9.47 Å². The zero-order valence-electron chi connectivity index (χ0n) is 21.8. The summed E-state index contributed by atoms with van der Waals surface area (Å²) in [6, 6.07) is 8.29. The number of benzene rings is 2. The molecule has 4 nitrogen and oxygen atoms in total. The second kappa shape index (κ2) is 10.8. The zero-order valence-corrected chi connectivity index (χ0v) is 21.8. The van der Waals surface area contributed by atoms with E-state index in [1.807, 2.05) is 0 Å². The molecule has 5 rings (SSSR count). The molecule has 10 heteroatoms. The number of esters is 1. The second-order valence-corrected chi connectivity index (χ2v) is 11.2. The number of hydrogen-bond donors (Lipinski definition) is 0. The highest BCUT2D eigenvalue weighted by molar-refractivity contribution is 5.89. The molecule has 2 aromatic rings. The smallest absolute Gasteiger partial charge is 0.420 e. The van der Waals surface area contributed by atoms with Gasteiger partial charge in [0.05, 0.1) is 25.0 Å². The van der Waals surface area contributed by atoms with E-state index in [0.717, 1.165) is 37.7 Å². The Morgan fingerprint density at radius 3 is 2.18 bits per heavy atom. The Kier molecular flexibility index (Phi) is 7.79. The summed E-state index contributed by atoms with van der Waals surface area (Å²) in [7, 11) is 1.41. The first-order valence-corrected chi connectivity index (χ1v) is 13.6. The topological polar surface area (TPSA) is 38.8 Å². The van der Waals surface area contributed by atoms with Gasteiger partial charge in [0, 0.05) is 18.6 Å². The first kappa shape index (κ1) is 28.1. The average molecular weight is 558 g/mol. The maximum atomic E-state index is 14.2. The lowest BCUT2D eigenvalue weighted by molar-refractivity contribution is -0.185. The van der Waals surface area contributed by atoms with Crippen molar-refractivity contribution in [2.24, 2.45) is 11.8 Å². The van der Waals surface area contributed by atoms with E-state index >= 15 is 0 Å². The van der Waals surface area contributed by atoms with Gasteiger partial charge in [0.2, 0.25) is 0 Å². The van der Waals surface area contributed by atoms with Crippen molar-refractivity contribution < 1.29 is 40.6 Å². The van der Waals surface area contributed by atoms with Crippen LogP contribution in [-0.4, -0.2) is 42.3 Å². The summed E-state index contributed by atoms with van der Waals surface area (Å²) < 4.78 is 92.3. The van der Waals surface area contributed by atoms with Gasteiger partial charge in [-0.25, -0.2) is 0 Å². The van der Waals surface area contributed by atoms with Crippen LogP contribution in [0.5, 0.6) is 5.75 Å². The Labute approximate surface area is 223 Å². The third-order valence-electron chi connectivity index (χ3n) is 8.79. The van der Waals surface area contributed by atoms with Gasteiger partial charge in [0.15, 0.2) is 0 Å². The molecule has 0 aromatic heterocycles. The summed E-state index contributed by atoms with van der Waals surface area (Å²) in [5.41, 5.74) is 0.00319. The Bertz CT molecular complexity index is 1170. The molecule has 3 aliphatic rings. The minimum Gasteiger partial charge on any atom is -0.490 e. The lowest BCUT2D eigenvalue weighted by Crippen LogP contribution is -2.52. The number of hydrogen-bond acceptors (Lipinski definition) is 4. The second-order valence-electron chi connectivity index (χ2n) is 11.2. The molecule has 0 radical (unpaired) electrons. The van der Waals surface area contributed by atoms with E-state index in [9.17, 15) is 31.1 Å². The van der Waals surface area contributed by atoms with Crippen molar-refractivity contribution in [3.05, 3.63) is 41.5 Å². The van der Waals surface area contributed by atoms with Crippen molar-refractivity contribution in [2.45, 2.75) is 94.9 Å². The lowest BCUT2D eigenvalue weighted by atomic mass is 9.78. The van der Waals surface area contributed by atoms with Crippen LogP contribution in [0.4, 0.5) is 26.3 Å². The normalized spacial score (nSPS) is 28.3. The van der Waals surface area contributed by atoms with Crippen LogP contribution in [0.15, 0.2) is 30.3 Å². The number of ether oxygens (including phenoxy) is 2. The Morgan fingerprint density at radius 1 is 0.923 bits per heavy atom. The van der Waals surface area contributed by atoms with Gasteiger partial charge in [-0.05, 0) is 79.8 Å². The van der Waals surface area contributed by atoms with E-state index in [1.165, 1.54) is 19.2 Å². The van der Waals surface area contributed by atoms with Crippen LogP contribution in [0, 0.1) is 11.8 Å². The maximum Gasteiger partial charge on any atom is 0.420 e. The molecule has 2 aromatic carbocycles. The largest absolute Gasteiger partial charge is 0.490 e. The summed E-state index contributed by atoms with van der Waals surface area (Å²) in [5, 5.41) is 0.444. The number of carbonyl (C=O) groups excluding carboxylic acids is 1. The van der Waals surface area contributed by atoms with Gasteiger partial charge in [-0.1, -0.05) is 24.6 Å². The zero-order chi connectivity index (χ0) is 27.9. The number of halogens is 6. The van der Waals surface area contributed by atoms with E-state index in [0.29, 0.717) is 11.9 Å². The summed E-state index contributed by atoms with van der Waals surface area (Å²) in [5.74, 6) is -2.06. The highest BCUT2D eigenvalue weighted by Gasteiger charge is 2.43. The molecule has 0 N–H and O–H groups in total. The van der Waals surface area contributed by atoms with Crippen LogP contribution < -0.4 is 4.74 Å². The fourth-order valence-electron chi connectivity index (χ4n) is 6.84. The van der Waals surface area contributed by atoms with Crippen molar-refractivity contribution in [3.8, 4) is 5.75 Å². The van der Waals surface area contributed by atoms with Gasteiger partial charge in [0.25, 0.3) is 0 Å². The van der Waals surface area contributed by atoms with Crippen LogP contribution in [0.25, 0.3) is 10.8 Å². The van der Waals surface area contributed by atoms with Gasteiger partial charge >= 0.3 is 18.3 Å². The minimum atomic E-state index is -4.69. The summed E-state index contributed by atoms with van der Waals surface area (Å²) in [6.07, 6.45) is -5.35. The standard InChI is InChI=1S/C29H33F6NO3/c1-38-27(37)19-14-21-3-2-4-22(15-19)36(21)16-17-5-11-24-18(13-17)6-12-25(26(24)29(33,34)35)39-23-9-7-20(8-10-23)28(30,31)32/h5-6,11-13,19-23H,2-4,7-10,14-16H2,1H3. The predicted octanol–water partition coefficient (Wildman–Crippen LogP) is 7.66. The fourth-order valence-corrected chi connectivity index (χ4v) is 6.84. The molecule has 1 aliphatic carbocycles. The van der Waals surface area contributed by atoms with Crippen molar-refractivity contribution in [3.63, 3.8) is 0 Å². The number of fused-ring (bicyclic) bond motifs is 3. The van der Waals surface area contributed by atoms with Crippen LogP contribution in [-0.2, 0) is 22.3 Å². The number of nitrogens with zero attached hydrogens (tertiary/aromatic N) is 1. The minimum absolute atomic E-state index is 0.0114. The van der Waals surface area contributed by atoms with Crippen molar-refractivity contribution >= 4 is 16.7 Å². The molecule has 2 aliphatic heterocycles. The van der Waals surface area contributed by atoms with E-state index < -0.39 is 29.9 Å². The van der Waals surface area contributed by atoms with Crippen molar-refractivity contribution in [1.82, 2.24) is 4.90 Å². The molecule has 0 spiro atoms. The van der Waals surface area contributed by atoms with E-state index in [-0.39, 0.29) is 60.8 Å². The first-order valence-electron chi connectivity index (χ1n) is 13.6. The first-order chi connectivity index (χ1) is 18.4. The Morgan fingerprint density at radius 2 is 1.59 bits per heavy atom. The molecule has 2 atom stereocenters. The molecular weight excluding hydrogens is 524 g/mol. The van der Waals surface area contributed by atoms with E-state index in [2.05, 4.69) is 4.90 Å².